The number of aliphatic hydroxyl groups is 1. The first-order chi connectivity index (χ1) is 48.4. The number of aliphatic hydroxyl groups excluding tert-OH is 1. The van der Waals surface area contributed by atoms with E-state index in [4.69, 9.17) is 37.0 Å². The van der Waals surface area contributed by atoms with Gasteiger partial charge >= 0.3 is 39.5 Å². The fourth-order valence-electron chi connectivity index (χ4n) is 12.5. The maximum atomic E-state index is 13.1. The molecular formula is C81H158O17P2. The molecule has 17 nitrogen and oxygen atoms in total. The fraction of sp³-hybridized carbons (Fsp3) is 0.951. The Hall–Kier alpha value is -1.94. The van der Waals surface area contributed by atoms with Gasteiger partial charge in [0.1, 0.15) is 19.3 Å². The molecule has 0 aromatic heterocycles. The molecule has 0 bridgehead atoms. The van der Waals surface area contributed by atoms with Crippen LogP contribution in [0.2, 0.25) is 0 Å². The van der Waals surface area contributed by atoms with E-state index in [0.29, 0.717) is 25.7 Å². The van der Waals surface area contributed by atoms with E-state index < -0.39 is 97.5 Å². The topological polar surface area (TPSA) is 237 Å². The van der Waals surface area contributed by atoms with Crippen molar-refractivity contribution >= 4 is 39.5 Å². The van der Waals surface area contributed by atoms with Crippen molar-refractivity contribution in [2.24, 2.45) is 11.8 Å². The molecule has 0 saturated heterocycles. The molecule has 0 aliphatic rings. The number of hydrogen-bond donors (Lipinski definition) is 3. The monoisotopic (exact) mass is 1470 g/mol. The number of unbranched alkanes of at least 4 members (excludes halogenated alkanes) is 49. The van der Waals surface area contributed by atoms with E-state index in [0.717, 1.165) is 102 Å². The lowest BCUT2D eigenvalue weighted by molar-refractivity contribution is -0.161. The molecule has 19 heteroatoms. The highest BCUT2D eigenvalue weighted by molar-refractivity contribution is 7.47. The average Bonchev–Trinajstić information content (AvgIpc) is 1.37. The lowest BCUT2D eigenvalue weighted by atomic mass is 9.99. The van der Waals surface area contributed by atoms with E-state index >= 15 is 0 Å². The van der Waals surface area contributed by atoms with Gasteiger partial charge in [0.2, 0.25) is 0 Å². The first-order valence-electron chi connectivity index (χ1n) is 42.0. The summed E-state index contributed by atoms with van der Waals surface area (Å²) in [6.45, 7) is 9.62. The molecule has 0 aromatic carbocycles. The van der Waals surface area contributed by atoms with Gasteiger partial charge in [0.25, 0.3) is 0 Å². The molecule has 0 rings (SSSR count). The third-order valence-electron chi connectivity index (χ3n) is 19.3. The molecule has 0 aliphatic heterocycles. The van der Waals surface area contributed by atoms with E-state index in [1.165, 1.54) is 244 Å². The van der Waals surface area contributed by atoms with Gasteiger partial charge in [-0.15, -0.1) is 0 Å². The number of phosphoric acid groups is 2. The second-order valence-corrected chi connectivity index (χ2v) is 32.8. The van der Waals surface area contributed by atoms with Crippen LogP contribution in [-0.2, 0) is 65.4 Å². The molecule has 100 heavy (non-hydrogen) atoms. The van der Waals surface area contributed by atoms with Gasteiger partial charge in [0.15, 0.2) is 12.2 Å². The Labute approximate surface area is 613 Å². The van der Waals surface area contributed by atoms with Crippen molar-refractivity contribution in [3.63, 3.8) is 0 Å². The number of rotatable bonds is 80. The van der Waals surface area contributed by atoms with Crippen LogP contribution < -0.4 is 0 Å². The Morgan fingerprint density at radius 1 is 0.290 bits per heavy atom. The summed E-state index contributed by atoms with van der Waals surface area (Å²) in [4.78, 5) is 72.9. The van der Waals surface area contributed by atoms with Gasteiger partial charge in [-0.25, -0.2) is 9.13 Å². The van der Waals surface area contributed by atoms with Gasteiger partial charge in [-0.1, -0.05) is 375 Å². The molecule has 594 valence electrons. The zero-order chi connectivity index (χ0) is 73.5. The Morgan fingerprint density at radius 2 is 0.510 bits per heavy atom. The van der Waals surface area contributed by atoms with Crippen LogP contribution in [0, 0.1) is 11.8 Å². The number of carbonyl (C=O) groups excluding carboxylic acids is 4. The average molecular weight is 1470 g/mol. The van der Waals surface area contributed by atoms with Crippen LogP contribution in [0.4, 0.5) is 0 Å². The Kier molecular flexibility index (Phi) is 71.2. The van der Waals surface area contributed by atoms with Crippen LogP contribution in [0.3, 0.4) is 0 Å². The maximum Gasteiger partial charge on any atom is 0.472 e. The van der Waals surface area contributed by atoms with Crippen molar-refractivity contribution in [3.8, 4) is 0 Å². The third-order valence-corrected chi connectivity index (χ3v) is 21.2. The Bertz CT molecular complexity index is 1930. The Morgan fingerprint density at radius 3 is 0.760 bits per heavy atom. The molecule has 0 fully saturated rings. The van der Waals surface area contributed by atoms with Gasteiger partial charge in [0.05, 0.1) is 26.4 Å². The van der Waals surface area contributed by atoms with Crippen molar-refractivity contribution in [3.05, 3.63) is 0 Å². The standard InChI is InChI=1S/C81H158O17P2/c1-7-10-12-14-16-18-19-20-21-22-23-24-25-26-27-28-33-36-40-47-53-59-65-80(85)97-76(70-92-79(84)64-58-52-46-39-35-32-30-29-31-34-38-44-50-56-62-74(6)9-3)71-95-99(87,88)93-67-75(82)68-94-100(89,90)96-72-77(69-91-78(83)63-57-51-45-37-17-15-13-11-8-2)98-81(86)66-60-54-48-42-41-43-49-55-61-73(4)5/h73-77,82H,7-72H2,1-6H3,(H,87,88)(H,89,90)/t74?,75-,76-,77-/m1/s1. The molecule has 3 unspecified atom stereocenters. The predicted molar refractivity (Wildman–Crippen MR) is 409 cm³/mol. The van der Waals surface area contributed by atoms with Gasteiger partial charge in [-0.05, 0) is 37.5 Å². The minimum absolute atomic E-state index is 0.105. The molecule has 0 spiro atoms. The normalized spacial score (nSPS) is 14.2. The van der Waals surface area contributed by atoms with E-state index in [1.54, 1.807) is 0 Å². The lowest BCUT2D eigenvalue weighted by Gasteiger charge is -2.21. The first-order valence-corrected chi connectivity index (χ1v) is 45.0. The van der Waals surface area contributed by atoms with Crippen molar-refractivity contribution in [2.75, 3.05) is 39.6 Å². The van der Waals surface area contributed by atoms with Crippen LogP contribution in [0.1, 0.15) is 427 Å². The predicted octanol–water partition coefficient (Wildman–Crippen LogP) is 24.3. The number of carbonyl (C=O) groups is 4. The SMILES string of the molecule is CCCCCCCCCCCCCCCCCCCCCCCCC(=O)O[C@H](COC(=O)CCCCCCCCCCCCCCCCC(C)CC)COP(=O)(O)OC[C@@H](O)COP(=O)(O)OC[C@@H](COC(=O)CCCCCCCCCCC)OC(=O)CCCCCCCCCCC(C)C. The van der Waals surface area contributed by atoms with Crippen LogP contribution in [0.25, 0.3) is 0 Å². The van der Waals surface area contributed by atoms with E-state index in [-0.39, 0.29) is 25.7 Å². The number of esters is 4. The second-order valence-electron chi connectivity index (χ2n) is 29.9. The minimum Gasteiger partial charge on any atom is -0.462 e. The lowest BCUT2D eigenvalue weighted by Crippen LogP contribution is -2.30. The summed E-state index contributed by atoms with van der Waals surface area (Å²) in [5.74, 6) is -0.545. The molecular weight excluding hydrogens is 1310 g/mol. The maximum absolute atomic E-state index is 13.1. The van der Waals surface area contributed by atoms with Crippen LogP contribution >= 0.6 is 15.6 Å². The van der Waals surface area contributed by atoms with Crippen LogP contribution in [0.5, 0.6) is 0 Å². The molecule has 0 aromatic rings. The fourth-order valence-corrected chi connectivity index (χ4v) is 14.1. The molecule has 0 amide bonds. The molecule has 0 heterocycles. The van der Waals surface area contributed by atoms with Crippen molar-refractivity contribution in [2.45, 2.75) is 445 Å². The first kappa shape index (κ1) is 98.1. The van der Waals surface area contributed by atoms with E-state index in [1.807, 2.05) is 0 Å². The zero-order valence-electron chi connectivity index (χ0n) is 65.5. The summed E-state index contributed by atoms with van der Waals surface area (Å²) >= 11 is 0. The summed E-state index contributed by atoms with van der Waals surface area (Å²) < 4.78 is 68.6. The molecule has 3 N–H and O–H groups in total. The Balaban J connectivity index is 5.18. The largest absolute Gasteiger partial charge is 0.472 e. The molecule has 0 aliphatic carbocycles. The van der Waals surface area contributed by atoms with Crippen molar-refractivity contribution < 1.29 is 80.2 Å². The van der Waals surface area contributed by atoms with Gasteiger partial charge in [-0.3, -0.25) is 37.3 Å². The summed E-state index contributed by atoms with van der Waals surface area (Å²) in [7, 11) is -9.91. The summed E-state index contributed by atoms with van der Waals surface area (Å²) in [6, 6.07) is 0. The number of phosphoric ester groups is 2. The van der Waals surface area contributed by atoms with E-state index in [2.05, 4.69) is 41.5 Å². The van der Waals surface area contributed by atoms with Crippen LogP contribution in [-0.4, -0.2) is 96.7 Å². The second kappa shape index (κ2) is 72.6. The van der Waals surface area contributed by atoms with Gasteiger partial charge in [0, 0.05) is 25.7 Å². The van der Waals surface area contributed by atoms with Crippen molar-refractivity contribution in [1.82, 2.24) is 0 Å². The zero-order valence-corrected chi connectivity index (χ0v) is 67.3. The number of ether oxygens (including phenoxy) is 4. The van der Waals surface area contributed by atoms with Gasteiger partial charge < -0.3 is 33.8 Å². The molecule has 0 saturated carbocycles. The highest BCUT2D eigenvalue weighted by Crippen LogP contribution is 2.45. The summed E-state index contributed by atoms with van der Waals surface area (Å²) in [5, 5.41) is 10.6. The number of hydrogen-bond acceptors (Lipinski definition) is 15. The molecule has 0 radical (unpaired) electrons. The highest BCUT2D eigenvalue weighted by atomic mass is 31.2. The third kappa shape index (κ3) is 73.0. The van der Waals surface area contributed by atoms with Gasteiger partial charge in [-0.2, -0.15) is 0 Å². The van der Waals surface area contributed by atoms with E-state index in [9.17, 15) is 43.2 Å². The quantitative estimate of drug-likeness (QED) is 0.0222. The summed E-state index contributed by atoms with van der Waals surface area (Å²) in [5.41, 5.74) is 0. The van der Waals surface area contributed by atoms with Crippen LogP contribution in [0.15, 0.2) is 0 Å². The van der Waals surface area contributed by atoms with Crippen molar-refractivity contribution in [1.29, 1.82) is 0 Å². The minimum atomic E-state index is -4.96. The highest BCUT2D eigenvalue weighted by Gasteiger charge is 2.30. The molecule has 6 atom stereocenters. The smallest absolute Gasteiger partial charge is 0.462 e. The summed E-state index contributed by atoms with van der Waals surface area (Å²) in [6.07, 6.45) is 62.6.